The second kappa shape index (κ2) is 9.11. The molecule has 2 rings (SSSR count). The van der Waals surface area contributed by atoms with Crippen LogP contribution in [0.4, 0.5) is 0 Å². The summed E-state index contributed by atoms with van der Waals surface area (Å²) in [5, 5.41) is 2.48. The zero-order chi connectivity index (χ0) is 19.3. The van der Waals surface area contributed by atoms with Gasteiger partial charge >= 0.3 is 0 Å². The molecule has 0 aliphatic heterocycles. The summed E-state index contributed by atoms with van der Waals surface area (Å²) in [6, 6.07) is 10.1. The van der Waals surface area contributed by atoms with E-state index >= 15 is 0 Å². The quantitative estimate of drug-likeness (QED) is 0.444. The van der Waals surface area contributed by atoms with Crippen molar-refractivity contribution in [2.75, 3.05) is 7.11 Å². The molecule has 2 amide bonds. The molecule has 0 saturated carbocycles. The van der Waals surface area contributed by atoms with E-state index in [1.165, 1.54) is 7.11 Å². The Labute approximate surface area is 172 Å². The van der Waals surface area contributed by atoms with Crippen LogP contribution in [-0.2, 0) is 0 Å². The first-order chi connectivity index (χ1) is 12.3. The molecule has 26 heavy (non-hydrogen) atoms. The summed E-state index contributed by atoms with van der Waals surface area (Å²) in [6.07, 6.45) is 0. The maximum atomic E-state index is 12.2. The molecule has 2 aromatic carbocycles. The Morgan fingerprint density at radius 1 is 0.962 bits per heavy atom. The molecular formula is C17H15Br2N3O3S. The Balaban J connectivity index is 1.91. The highest BCUT2D eigenvalue weighted by Gasteiger charge is 2.12. The molecule has 0 saturated heterocycles. The number of hydrazine groups is 1. The SMILES string of the molecule is COc1ccc(C(=O)NNC(=S)NC(=O)c2ccc(C)c(Br)c2)cc1Br. The van der Waals surface area contributed by atoms with Gasteiger partial charge in [0.1, 0.15) is 5.75 Å². The van der Waals surface area contributed by atoms with E-state index in [2.05, 4.69) is 48.0 Å². The van der Waals surface area contributed by atoms with Crippen LogP contribution in [0, 0.1) is 6.92 Å². The van der Waals surface area contributed by atoms with Gasteiger partial charge in [-0.1, -0.05) is 22.0 Å². The summed E-state index contributed by atoms with van der Waals surface area (Å²) in [4.78, 5) is 24.3. The molecule has 0 aliphatic carbocycles. The number of hydrogen-bond acceptors (Lipinski definition) is 4. The second-order valence-electron chi connectivity index (χ2n) is 5.18. The number of thiocarbonyl (C=S) groups is 1. The third-order valence-corrected chi connectivity index (χ3v) is 5.04. The average Bonchev–Trinajstić information content (AvgIpc) is 2.61. The number of hydrogen-bond donors (Lipinski definition) is 3. The van der Waals surface area contributed by atoms with Crippen molar-refractivity contribution in [3.63, 3.8) is 0 Å². The van der Waals surface area contributed by atoms with Crippen molar-refractivity contribution in [3.05, 3.63) is 62.0 Å². The molecule has 0 bridgehead atoms. The second-order valence-corrected chi connectivity index (χ2v) is 7.29. The van der Waals surface area contributed by atoms with E-state index in [0.29, 0.717) is 21.3 Å². The molecule has 0 fully saturated rings. The van der Waals surface area contributed by atoms with Crippen molar-refractivity contribution in [1.82, 2.24) is 16.2 Å². The first-order valence-corrected chi connectivity index (χ1v) is 9.32. The van der Waals surface area contributed by atoms with E-state index < -0.39 is 5.91 Å². The summed E-state index contributed by atoms with van der Waals surface area (Å²) in [5.41, 5.74) is 6.77. The maximum absolute atomic E-state index is 12.2. The Kier molecular flexibility index (Phi) is 7.13. The molecule has 0 unspecified atom stereocenters. The van der Waals surface area contributed by atoms with Gasteiger partial charge in [-0.3, -0.25) is 25.8 Å². The number of carbonyl (C=O) groups excluding carboxylic acids is 2. The van der Waals surface area contributed by atoms with Crippen molar-refractivity contribution in [1.29, 1.82) is 0 Å². The molecular weight excluding hydrogens is 486 g/mol. The highest BCUT2D eigenvalue weighted by Crippen LogP contribution is 2.25. The standard InChI is InChI=1S/C17H15Br2N3O3S/c1-9-3-4-10(7-12(9)18)15(23)20-17(26)22-21-16(24)11-5-6-14(25-2)13(19)8-11/h3-8H,1-2H3,(H,21,24)(H2,20,22,23,26). The lowest BCUT2D eigenvalue weighted by molar-refractivity contribution is 0.0934. The minimum Gasteiger partial charge on any atom is -0.496 e. The zero-order valence-electron chi connectivity index (χ0n) is 13.9. The number of amides is 2. The van der Waals surface area contributed by atoms with E-state index in [0.717, 1.165) is 10.0 Å². The van der Waals surface area contributed by atoms with Crippen molar-refractivity contribution in [2.24, 2.45) is 0 Å². The van der Waals surface area contributed by atoms with Crippen LogP contribution in [0.3, 0.4) is 0 Å². The predicted molar refractivity (Wildman–Crippen MR) is 110 cm³/mol. The van der Waals surface area contributed by atoms with Gasteiger partial charge in [-0.2, -0.15) is 0 Å². The van der Waals surface area contributed by atoms with Crippen LogP contribution < -0.4 is 20.9 Å². The summed E-state index contributed by atoms with van der Waals surface area (Å²) in [5.74, 6) is -0.186. The van der Waals surface area contributed by atoms with E-state index in [1.807, 2.05) is 13.0 Å². The van der Waals surface area contributed by atoms with Crippen LogP contribution in [0.15, 0.2) is 45.3 Å². The molecule has 0 aliphatic rings. The van der Waals surface area contributed by atoms with Gasteiger partial charge in [0.15, 0.2) is 5.11 Å². The highest BCUT2D eigenvalue weighted by atomic mass is 79.9. The van der Waals surface area contributed by atoms with Crippen molar-refractivity contribution < 1.29 is 14.3 Å². The number of benzene rings is 2. The molecule has 6 nitrogen and oxygen atoms in total. The lowest BCUT2D eigenvalue weighted by atomic mass is 10.1. The summed E-state index contributed by atoms with van der Waals surface area (Å²) >= 11 is 11.7. The van der Waals surface area contributed by atoms with Gasteiger partial charge < -0.3 is 4.74 Å². The number of nitrogens with one attached hydrogen (secondary N) is 3. The molecule has 0 radical (unpaired) electrons. The molecule has 9 heteroatoms. The largest absolute Gasteiger partial charge is 0.496 e. The fourth-order valence-electron chi connectivity index (χ4n) is 1.93. The third-order valence-electron chi connectivity index (χ3n) is 3.36. The zero-order valence-corrected chi connectivity index (χ0v) is 17.8. The third kappa shape index (κ3) is 5.26. The Morgan fingerprint density at radius 2 is 1.58 bits per heavy atom. The summed E-state index contributed by atoms with van der Waals surface area (Å²) in [7, 11) is 1.54. The Bertz CT molecular complexity index is 874. The number of rotatable bonds is 3. The molecule has 136 valence electrons. The van der Waals surface area contributed by atoms with Gasteiger partial charge in [-0.05, 0) is 71.0 Å². The molecule has 0 aromatic heterocycles. The van der Waals surface area contributed by atoms with E-state index in [4.69, 9.17) is 17.0 Å². The Morgan fingerprint density at radius 3 is 2.19 bits per heavy atom. The number of ether oxygens (including phenoxy) is 1. The summed E-state index contributed by atoms with van der Waals surface area (Å²) in [6.45, 7) is 1.92. The first kappa shape index (κ1) is 20.3. The minimum atomic E-state index is -0.414. The molecule has 3 N–H and O–H groups in total. The topological polar surface area (TPSA) is 79.5 Å². The fourth-order valence-corrected chi connectivity index (χ4v) is 3.00. The number of halogens is 2. The first-order valence-electron chi connectivity index (χ1n) is 7.33. The van der Waals surface area contributed by atoms with Gasteiger partial charge in [0.2, 0.25) is 0 Å². The van der Waals surface area contributed by atoms with Crippen molar-refractivity contribution >= 4 is 61.0 Å². The van der Waals surface area contributed by atoms with Crippen LogP contribution in [0.2, 0.25) is 0 Å². The molecule has 0 spiro atoms. The molecule has 2 aromatic rings. The van der Waals surface area contributed by atoms with Gasteiger partial charge in [0.05, 0.1) is 11.6 Å². The van der Waals surface area contributed by atoms with Gasteiger partial charge in [0.25, 0.3) is 11.8 Å². The van der Waals surface area contributed by atoms with Crippen LogP contribution in [0.5, 0.6) is 5.75 Å². The van der Waals surface area contributed by atoms with Gasteiger partial charge in [0, 0.05) is 15.6 Å². The van der Waals surface area contributed by atoms with Gasteiger partial charge in [-0.15, -0.1) is 0 Å². The minimum absolute atomic E-state index is 0.0207. The molecule has 0 atom stereocenters. The van der Waals surface area contributed by atoms with Crippen LogP contribution in [-0.4, -0.2) is 24.0 Å². The fraction of sp³-hybridized carbons (Fsp3) is 0.118. The predicted octanol–water partition coefficient (Wildman–Crippen LogP) is 3.48. The van der Waals surface area contributed by atoms with Crippen LogP contribution in [0.1, 0.15) is 26.3 Å². The van der Waals surface area contributed by atoms with E-state index in [9.17, 15) is 9.59 Å². The van der Waals surface area contributed by atoms with E-state index in [1.54, 1.807) is 30.3 Å². The van der Waals surface area contributed by atoms with Crippen LogP contribution >= 0.6 is 44.1 Å². The van der Waals surface area contributed by atoms with Crippen LogP contribution in [0.25, 0.3) is 0 Å². The van der Waals surface area contributed by atoms with Crippen molar-refractivity contribution in [2.45, 2.75) is 6.92 Å². The highest BCUT2D eigenvalue weighted by molar-refractivity contribution is 9.10. The van der Waals surface area contributed by atoms with E-state index in [-0.39, 0.29) is 11.0 Å². The lowest BCUT2D eigenvalue weighted by Crippen LogP contribution is -2.48. The smallest absolute Gasteiger partial charge is 0.269 e. The number of aryl methyl sites for hydroxylation is 1. The number of methoxy groups -OCH3 is 1. The monoisotopic (exact) mass is 499 g/mol. The molecule has 0 heterocycles. The summed E-state index contributed by atoms with van der Waals surface area (Å²) < 4.78 is 6.58. The van der Waals surface area contributed by atoms with Gasteiger partial charge in [-0.25, -0.2) is 0 Å². The maximum Gasteiger partial charge on any atom is 0.269 e. The number of carbonyl (C=O) groups is 2. The lowest BCUT2D eigenvalue weighted by Gasteiger charge is -2.12. The average molecular weight is 501 g/mol. The normalized spacial score (nSPS) is 10.0. The van der Waals surface area contributed by atoms with Crippen molar-refractivity contribution in [3.8, 4) is 5.75 Å². The Hall–Kier alpha value is -1.97.